The maximum absolute atomic E-state index is 12.2. The van der Waals surface area contributed by atoms with Crippen LogP contribution in [0.15, 0.2) is 71.4 Å². The molecule has 0 aliphatic heterocycles. The van der Waals surface area contributed by atoms with E-state index in [0.717, 1.165) is 56.1 Å². The maximum atomic E-state index is 12.2. The molecule has 6 heteroatoms. The molecule has 226 valence electrons. The number of carbonyl (C=O) groups is 3. The molecule has 0 bridgehead atoms. The summed E-state index contributed by atoms with van der Waals surface area (Å²) in [6.45, 7) is 10.5. The average Bonchev–Trinajstić information content (AvgIpc) is 2.90. The van der Waals surface area contributed by atoms with Gasteiger partial charge in [-0.1, -0.05) is 73.3 Å². The quantitative estimate of drug-likeness (QED) is 0.0517. The van der Waals surface area contributed by atoms with Crippen molar-refractivity contribution in [2.45, 2.75) is 105 Å². The van der Waals surface area contributed by atoms with Gasteiger partial charge in [-0.25, -0.2) is 0 Å². The van der Waals surface area contributed by atoms with Crippen molar-refractivity contribution in [1.29, 1.82) is 0 Å². The normalized spacial score (nSPS) is 12.7. The zero-order valence-corrected chi connectivity index (χ0v) is 26.0. The van der Waals surface area contributed by atoms with Crippen LogP contribution in [0.3, 0.4) is 0 Å². The molecule has 0 rings (SSSR count). The third kappa shape index (κ3) is 25.1. The van der Waals surface area contributed by atoms with Crippen LogP contribution in [0.4, 0.5) is 0 Å². The van der Waals surface area contributed by atoms with Gasteiger partial charge in [-0.15, -0.1) is 0 Å². The van der Waals surface area contributed by atoms with Crippen molar-refractivity contribution in [2.24, 2.45) is 0 Å². The summed E-state index contributed by atoms with van der Waals surface area (Å²) in [6, 6.07) is 0. The van der Waals surface area contributed by atoms with E-state index in [-0.39, 0.29) is 19.2 Å². The van der Waals surface area contributed by atoms with Gasteiger partial charge in [0.1, 0.15) is 19.3 Å². The Morgan fingerprint density at radius 2 is 1.46 bits per heavy atom. The van der Waals surface area contributed by atoms with E-state index in [4.69, 9.17) is 14.2 Å². The topological polar surface area (TPSA) is 78.9 Å². The van der Waals surface area contributed by atoms with Crippen LogP contribution in [-0.2, 0) is 28.6 Å². The third-order valence-corrected chi connectivity index (χ3v) is 5.55. The molecule has 0 unspecified atom stereocenters. The van der Waals surface area contributed by atoms with Gasteiger partial charge < -0.3 is 14.2 Å². The highest BCUT2D eigenvalue weighted by Crippen LogP contribution is 2.15. The Morgan fingerprint density at radius 3 is 2.10 bits per heavy atom. The fraction of sp³-hybridized carbons (Fsp3) is 0.514. The van der Waals surface area contributed by atoms with Crippen molar-refractivity contribution in [1.82, 2.24) is 0 Å². The van der Waals surface area contributed by atoms with Gasteiger partial charge in [0.05, 0.1) is 0 Å². The van der Waals surface area contributed by atoms with Gasteiger partial charge in [0.15, 0.2) is 0 Å². The molecule has 6 nitrogen and oxygen atoms in total. The summed E-state index contributed by atoms with van der Waals surface area (Å²) in [5.41, 5.74) is 2.47. The summed E-state index contributed by atoms with van der Waals surface area (Å²) in [5, 5.41) is 0. The Balaban J connectivity index is 4.78. The number of hydrogen-bond donors (Lipinski definition) is 0. The minimum absolute atomic E-state index is 0.000755. The molecule has 41 heavy (non-hydrogen) atoms. The zero-order valence-electron chi connectivity index (χ0n) is 26.0. The Kier molecular flexibility index (Phi) is 23.2. The molecule has 0 fully saturated rings. The van der Waals surface area contributed by atoms with Crippen LogP contribution in [0, 0.1) is 11.8 Å². The highest BCUT2D eigenvalue weighted by Gasteiger charge is 2.18. The van der Waals surface area contributed by atoms with Gasteiger partial charge >= 0.3 is 17.9 Å². The monoisotopic (exact) mass is 566 g/mol. The molecule has 1 atom stereocenters. The third-order valence-electron chi connectivity index (χ3n) is 5.55. The number of allylic oxidation sites excluding steroid dienone is 9. The number of rotatable bonds is 19. The molecule has 0 saturated carbocycles. The van der Waals surface area contributed by atoms with E-state index in [9.17, 15) is 14.4 Å². The maximum Gasteiger partial charge on any atom is 0.306 e. The first-order valence-electron chi connectivity index (χ1n) is 14.6. The van der Waals surface area contributed by atoms with Crippen LogP contribution >= 0.6 is 0 Å². The zero-order chi connectivity index (χ0) is 30.7. The van der Waals surface area contributed by atoms with Crippen molar-refractivity contribution in [3.8, 4) is 11.8 Å². The van der Waals surface area contributed by atoms with Crippen molar-refractivity contribution in [2.75, 3.05) is 13.2 Å². The molecule has 0 saturated heterocycles. The standard InChI is InChI=1S/C35H50O6/c1-7-8-9-10-11-12-13-14-15-16-17-18-19-23-35(38)39-27-26-33(28-40-31(5)36)34(41-32(6)37)25-24-30(4)22-20-21-29(2)3/h8-9,11-12,14-15,21,24,26,34H,7,10,13,16-19,23,25,27-28H2,1-6H3/b9-8-,12-11-,15-14-,30-24+,33-26+/t34-/m0/s1. The highest BCUT2D eigenvalue weighted by molar-refractivity contribution is 5.69. The first kappa shape index (κ1) is 37.4. The van der Waals surface area contributed by atoms with Crippen LogP contribution in [-0.4, -0.2) is 37.2 Å². The Bertz CT molecular complexity index is 1020. The fourth-order valence-corrected chi connectivity index (χ4v) is 3.42. The van der Waals surface area contributed by atoms with Gasteiger partial charge in [0.25, 0.3) is 0 Å². The minimum atomic E-state index is -0.674. The molecule has 0 aliphatic carbocycles. The molecule has 0 radical (unpaired) electrons. The van der Waals surface area contributed by atoms with Crippen molar-refractivity contribution in [3.63, 3.8) is 0 Å². The second-order valence-corrected chi connectivity index (χ2v) is 9.85. The Labute approximate surface area is 248 Å². The molecule has 0 aromatic heterocycles. The minimum Gasteiger partial charge on any atom is -0.461 e. The van der Waals surface area contributed by atoms with E-state index >= 15 is 0 Å². The summed E-state index contributed by atoms with van der Waals surface area (Å²) < 4.78 is 16.0. The molecule has 0 aromatic carbocycles. The van der Waals surface area contributed by atoms with Gasteiger partial charge in [0, 0.05) is 32.3 Å². The summed E-state index contributed by atoms with van der Waals surface area (Å²) in [5.74, 6) is 4.79. The van der Waals surface area contributed by atoms with E-state index in [1.165, 1.54) is 13.8 Å². The van der Waals surface area contributed by atoms with Crippen LogP contribution in [0.1, 0.15) is 99.3 Å². The number of ether oxygens (including phenoxy) is 3. The lowest BCUT2D eigenvalue weighted by Crippen LogP contribution is -2.23. The van der Waals surface area contributed by atoms with Crippen LogP contribution in [0.2, 0.25) is 0 Å². The number of carbonyl (C=O) groups excluding carboxylic acids is 3. The van der Waals surface area contributed by atoms with Crippen LogP contribution in [0.25, 0.3) is 0 Å². The molecule has 0 aliphatic rings. The van der Waals surface area contributed by atoms with E-state index in [2.05, 4.69) is 55.2 Å². The van der Waals surface area contributed by atoms with Gasteiger partial charge in [-0.2, -0.15) is 0 Å². The molecule has 0 N–H and O–H groups in total. The fourth-order valence-electron chi connectivity index (χ4n) is 3.42. The largest absolute Gasteiger partial charge is 0.461 e. The van der Waals surface area contributed by atoms with E-state index in [1.807, 2.05) is 32.9 Å². The first-order valence-corrected chi connectivity index (χ1v) is 14.6. The summed E-state index contributed by atoms with van der Waals surface area (Å²) in [4.78, 5) is 35.4. The SMILES string of the molecule is CC/C=C\C/C=C\C/C=C\CCCCCC(=O)OC/C=C(\COC(C)=O)[C@H](C/C=C(\C)C#CC=C(C)C)OC(C)=O. The summed E-state index contributed by atoms with van der Waals surface area (Å²) >= 11 is 0. The second-order valence-electron chi connectivity index (χ2n) is 9.85. The lowest BCUT2D eigenvalue weighted by Gasteiger charge is -2.19. The first-order chi connectivity index (χ1) is 19.6. The van der Waals surface area contributed by atoms with Gasteiger partial charge in [-0.05, 0) is 77.0 Å². The molecular weight excluding hydrogens is 516 g/mol. The predicted octanol–water partition coefficient (Wildman–Crippen LogP) is 8.07. The Hall–Kier alpha value is -3.59. The van der Waals surface area contributed by atoms with E-state index in [1.54, 1.807) is 6.08 Å². The highest BCUT2D eigenvalue weighted by atomic mass is 16.6. The molecule has 0 heterocycles. The van der Waals surface area contributed by atoms with Crippen molar-refractivity contribution in [3.05, 3.63) is 71.4 Å². The van der Waals surface area contributed by atoms with Gasteiger partial charge in [-0.3, -0.25) is 14.4 Å². The summed E-state index contributed by atoms with van der Waals surface area (Å²) in [6.07, 6.45) is 25.1. The van der Waals surface area contributed by atoms with E-state index < -0.39 is 18.0 Å². The van der Waals surface area contributed by atoms with Crippen molar-refractivity contribution >= 4 is 17.9 Å². The second kappa shape index (κ2) is 25.4. The van der Waals surface area contributed by atoms with Gasteiger partial charge in [0.2, 0.25) is 0 Å². The summed E-state index contributed by atoms with van der Waals surface area (Å²) in [7, 11) is 0. The number of hydrogen-bond acceptors (Lipinski definition) is 6. The molecule has 0 spiro atoms. The van der Waals surface area contributed by atoms with Crippen LogP contribution in [0.5, 0.6) is 0 Å². The number of esters is 3. The molecule has 0 aromatic rings. The lowest BCUT2D eigenvalue weighted by molar-refractivity contribution is -0.146. The molecule has 0 amide bonds. The smallest absolute Gasteiger partial charge is 0.306 e. The Morgan fingerprint density at radius 1 is 0.780 bits per heavy atom. The number of unbranched alkanes of at least 4 members (excludes halogenated alkanes) is 3. The average molecular weight is 567 g/mol. The van der Waals surface area contributed by atoms with Crippen LogP contribution < -0.4 is 0 Å². The lowest BCUT2D eigenvalue weighted by atomic mass is 10.1. The predicted molar refractivity (Wildman–Crippen MR) is 167 cm³/mol. The molecular formula is C35H50O6. The van der Waals surface area contributed by atoms with Crippen molar-refractivity contribution < 1.29 is 28.6 Å². The van der Waals surface area contributed by atoms with E-state index in [0.29, 0.717) is 18.4 Å².